The summed E-state index contributed by atoms with van der Waals surface area (Å²) < 4.78 is 12.5. The highest BCUT2D eigenvalue weighted by Gasteiger charge is 2.13. The van der Waals surface area contributed by atoms with Crippen LogP contribution in [0.4, 0.5) is 0 Å². The average molecular weight is 366 g/mol. The number of rotatable bonds is 8. The van der Waals surface area contributed by atoms with Crippen molar-refractivity contribution in [3.63, 3.8) is 0 Å². The Labute approximate surface area is 158 Å². The second kappa shape index (κ2) is 8.95. The third-order valence-corrected chi connectivity index (χ3v) is 4.02. The normalized spacial score (nSPS) is 11.8. The van der Waals surface area contributed by atoms with Crippen molar-refractivity contribution in [3.05, 3.63) is 72.2 Å². The predicted octanol–water partition coefficient (Wildman–Crippen LogP) is 2.50. The monoisotopic (exact) mass is 366 g/mol. The van der Waals surface area contributed by atoms with Crippen molar-refractivity contribution in [1.82, 2.24) is 20.1 Å². The van der Waals surface area contributed by atoms with Gasteiger partial charge in [0, 0.05) is 25.1 Å². The van der Waals surface area contributed by atoms with Crippen LogP contribution in [0.5, 0.6) is 5.75 Å². The highest BCUT2D eigenvalue weighted by Crippen LogP contribution is 2.14. The van der Waals surface area contributed by atoms with E-state index in [-0.39, 0.29) is 5.91 Å². The number of carbonyl (C=O) groups is 1. The molecule has 0 aliphatic heterocycles. The molecule has 3 aromatic rings. The van der Waals surface area contributed by atoms with Crippen LogP contribution >= 0.6 is 0 Å². The summed E-state index contributed by atoms with van der Waals surface area (Å²) in [7, 11) is 1.62. The minimum absolute atomic E-state index is 0.172. The lowest BCUT2D eigenvalue weighted by Crippen LogP contribution is -2.34. The molecule has 0 radical (unpaired) electrons. The van der Waals surface area contributed by atoms with Crippen molar-refractivity contribution < 1.29 is 14.3 Å². The van der Waals surface area contributed by atoms with Gasteiger partial charge in [-0.3, -0.25) is 4.79 Å². The van der Waals surface area contributed by atoms with Crippen molar-refractivity contribution >= 4 is 5.91 Å². The fraction of sp³-hybridized carbons (Fsp3) is 0.250. The summed E-state index contributed by atoms with van der Waals surface area (Å²) in [6.07, 6.45) is 4.68. The number of nitrogens with zero attached hydrogens (tertiary/aromatic N) is 3. The zero-order valence-corrected chi connectivity index (χ0v) is 15.3. The van der Waals surface area contributed by atoms with Crippen LogP contribution in [0, 0.1) is 0 Å². The highest BCUT2D eigenvalue weighted by atomic mass is 16.5. The second-order valence-electron chi connectivity index (χ2n) is 6.00. The van der Waals surface area contributed by atoms with Gasteiger partial charge < -0.3 is 14.8 Å². The van der Waals surface area contributed by atoms with Crippen molar-refractivity contribution in [2.45, 2.75) is 26.2 Å². The lowest BCUT2D eigenvalue weighted by Gasteiger charge is -2.14. The van der Waals surface area contributed by atoms with Crippen LogP contribution in [0.25, 0.3) is 5.82 Å². The molecule has 1 amide bonds. The fourth-order valence-corrected chi connectivity index (χ4v) is 2.45. The van der Waals surface area contributed by atoms with E-state index in [0.717, 1.165) is 22.7 Å². The number of aromatic nitrogens is 3. The van der Waals surface area contributed by atoms with Crippen LogP contribution < -0.4 is 10.1 Å². The molecule has 0 bridgehead atoms. The van der Waals surface area contributed by atoms with E-state index in [4.69, 9.17) is 9.47 Å². The van der Waals surface area contributed by atoms with Gasteiger partial charge in [-0.2, -0.15) is 5.10 Å². The molecule has 7 heteroatoms. The van der Waals surface area contributed by atoms with Crippen molar-refractivity contribution in [1.29, 1.82) is 0 Å². The topological polar surface area (TPSA) is 78.3 Å². The maximum absolute atomic E-state index is 12.2. The Bertz CT molecular complexity index is 863. The largest absolute Gasteiger partial charge is 0.497 e. The molecule has 27 heavy (non-hydrogen) atoms. The first-order valence-electron chi connectivity index (χ1n) is 8.63. The molecule has 7 nitrogen and oxygen atoms in total. The summed E-state index contributed by atoms with van der Waals surface area (Å²) >= 11 is 0. The van der Waals surface area contributed by atoms with Gasteiger partial charge in [-0.25, -0.2) is 9.67 Å². The van der Waals surface area contributed by atoms with Crippen LogP contribution in [0.15, 0.2) is 61.1 Å². The number of nitrogens with one attached hydrogen (secondary N) is 1. The van der Waals surface area contributed by atoms with Crippen molar-refractivity contribution in [2.75, 3.05) is 7.11 Å². The summed E-state index contributed by atoms with van der Waals surface area (Å²) in [6.45, 7) is 2.46. The van der Waals surface area contributed by atoms with Crippen LogP contribution in [-0.2, 0) is 22.7 Å². The van der Waals surface area contributed by atoms with Crippen molar-refractivity contribution in [3.8, 4) is 11.6 Å². The molecule has 0 saturated carbocycles. The molecule has 0 saturated heterocycles. The fourth-order valence-electron chi connectivity index (χ4n) is 2.45. The van der Waals surface area contributed by atoms with Crippen LogP contribution in [0.2, 0.25) is 0 Å². The Kier molecular flexibility index (Phi) is 6.17. The van der Waals surface area contributed by atoms with Gasteiger partial charge in [-0.1, -0.05) is 18.2 Å². The van der Waals surface area contributed by atoms with Gasteiger partial charge >= 0.3 is 0 Å². The maximum Gasteiger partial charge on any atom is 0.249 e. The van der Waals surface area contributed by atoms with Crippen LogP contribution in [0.1, 0.15) is 18.1 Å². The Balaban J connectivity index is 1.46. The van der Waals surface area contributed by atoms with Gasteiger partial charge in [0.25, 0.3) is 0 Å². The zero-order valence-electron chi connectivity index (χ0n) is 15.3. The van der Waals surface area contributed by atoms with E-state index in [1.807, 2.05) is 48.7 Å². The van der Waals surface area contributed by atoms with E-state index in [1.165, 1.54) is 0 Å². The molecular weight excluding hydrogens is 344 g/mol. The maximum atomic E-state index is 12.2. The Morgan fingerprint density at radius 2 is 2.11 bits per heavy atom. The number of pyridine rings is 1. The minimum Gasteiger partial charge on any atom is -0.497 e. The second-order valence-corrected chi connectivity index (χ2v) is 6.00. The third kappa shape index (κ3) is 5.15. The first-order valence-corrected chi connectivity index (χ1v) is 8.63. The Morgan fingerprint density at radius 3 is 2.81 bits per heavy atom. The molecule has 0 aliphatic carbocycles. The van der Waals surface area contributed by atoms with Gasteiger partial charge in [0.15, 0.2) is 5.82 Å². The number of amides is 1. The standard InChI is InChI=1S/C20H22N4O3/c1-15(27-14-16-5-3-6-18(11-16)26-2)20(25)22-13-17-7-8-19(21-12-17)24-10-4-9-23-24/h3-12,15H,13-14H2,1-2H3,(H,22,25)/t15-/m0/s1. The van der Waals surface area contributed by atoms with Gasteiger partial charge in [-0.15, -0.1) is 0 Å². The number of hydrogen-bond acceptors (Lipinski definition) is 5. The molecule has 0 fully saturated rings. The molecule has 0 aliphatic rings. The SMILES string of the molecule is COc1cccc(CO[C@@H](C)C(=O)NCc2ccc(-n3cccn3)nc2)c1. The number of hydrogen-bond donors (Lipinski definition) is 1. The lowest BCUT2D eigenvalue weighted by atomic mass is 10.2. The highest BCUT2D eigenvalue weighted by molar-refractivity contribution is 5.80. The molecule has 1 aromatic carbocycles. The molecule has 0 unspecified atom stereocenters. The number of benzene rings is 1. The van der Waals surface area contributed by atoms with Gasteiger partial charge in [0.05, 0.1) is 13.7 Å². The molecule has 2 aromatic heterocycles. The first kappa shape index (κ1) is 18.6. The smallest absolute Gasteiger partial charge is 0.249 e. The number of methoxy groups -OCH3 is 1. The lowest BCUT2D eigenvalue weighted by molar-refractivity contribution is -0.132. The van der Waals surface area contributed by atoms with Gasteiger partial charge in [0.2, 0.25) is 5.91 Å². The summed E-state index contributed by atoms with van der Waals surface area (Å²) in [4.78, 5) is 16.6. The van der Waals surface area contributed by atoms with Crippen LogP contribution in [0.3, 0.4) is 0 Å². The van der Waals surface area contributed by atoms with E-state index in [0.29, 0.717) is 13.2 Å². The van der Waals surface area contributed by atoms with E-state index in [9.17, 15) is 4.79 Å². The summed E-state index contributed by atoms with van der Waals surface area (Å²) in [6, 6.07) is 13.2. The molecule has 0 spiro atoms. The van der Waals surface area contributed by atoms with E-state index >= 15 is 0 Å². The summed E-state index contributed by atoms with van der Waals surface area (Å²) in [5.41, 5.74) is 1.85. The zero-order chi connectivity index (χ0) is 19.1. The van der Waals surface area contributed by atoms with E-state index < -0.39 is 6.10 Å². The number of carbonyl (C=O) groups excluding carboxylic acids is 1. The first-order chi connectivity index (χ1) is 13.2. The minimum atomic E-state index is -0.562. The van der Waals surface area contributed by atoms with Gasteiger partial charge in [-0.05, 0) is 42.3 Å². The summed E-state index contributed by atoms with van der Waals surface area (Å²) in [5, 5.41) is 6.99. The molecule has 3 rings (SSSR count). The Hall–Kier alpha value is -3.19. The predicted molar refractivity (Wildman–Crippen MR) is 100 cm³/mol. The molecule has 2 heterocycles. The van der Waals surface area contributed by atoms with Gasteiger partial charge in [0.1, 0.15) is 11.9 Å². The molecule has 1 atom stereocenters. The number of ether oxygens (including phenoxy) is 2. The van der Waals surface area contributed by atoms with E-state index in [2.05, 4.69) is 15.4 Å². The third-order valence-electron chi connectivity index (χ3n) is 4.02. The average Bonchev–Trinajstić information content (AvgIpc) is 3.25. The molecule has 1 N–H and O–H groups in total. The molecule has 140 valence electrons. The molecular formula is C20H22N4O3. The summed E-state index contributed by atoms with van der Waals surface area (Å²) in [5.74, 6) is 1.32. The van der Waals surface area contributed by atoms with Crippen LogP contribution in [-0.4, -0.2) is 33.9 Å². The quantitative estimate of drug-likeness (QED) is 0.663. The van der Waals surface area contributed by atoms with E-state index in [1.54, 1.807) is 31.1 Å². The Morgan fingerprint density at radius 1 is 1.22 bits per heavy atom. The van der Waals surface area contributed by atoms with Crippen molar-refractivity contribution in [2.24, 2.45) is 0 Å².